The van der Waals surface area contributed by atoms with E-state index in [9.17, 15) is 4.79 Å². The standard InChI is InChI=1S/C14H15BrN2OS/c1-9-8-12(19-13(9)15)14(18)16-10-6-4-5-7-11(10)17(2)3/h4-8H,1-3H3,(H,16,18). The quantitative estimate of drug-likeness (QED) is 0.912. The molecular formula is C14H15BrN2OS. The number of hydrogen-bond acceptors (Lipinski definition) is 3. The van der Waals surface area contributed by atoms with Crippen LogP contribution in [0.3, 0.4) is 0 Å². The Morgan fingerprint density at radius 2 is 2.00 bits per heavy atom. The topological polar surface area (TPSA) is 32.3 Å². The number of carbonyl (C=O) groups excluding carboxylic acids is 1. The number of thiophene rings is 1. The Morgan fingerprint density at radius 1 is 1.32 bits per heavy atom. The average molecular weight is 339 g/mol. The van der Waals surface area contributed by atoms with Crippen molar-refractivity contribution in [3.63, 3.8) is 0 Å². The maximum absolute atomic E-state index is 12.2. The number of para-hydroxylation sites is 2. The summed E-state index contributed by atoms with van der Waals surface area (Å²) in [5, 5.41) is 2.96. The Morgan fingerprint density at radius 3 is 2.58 bits per heavy atom. The minimum absolute atomic E-state index is 0.0758. The number of nitrogens with zero attached hydrogens (tertiary/aromatic N) is 1. The molecule has 0 fully saturated rings. The van der Waals surface area contributed by atoms with Crippen molar-refractivity contribution in [3.8, 4) is 0 Å². The van der Waals surface area contributed by atoms with Gasteiger partial charge in [-0.25, -0.2) is 0 Å². The van der Waals surface area contributed by atoms with Crippen LogP contribution in [0.4, 0.5) is 11.4 Å². The van der Waals surface area contributed by atoms with Crippen molar-refractivity contribution in [1.82, 2.24) is 0 Å². The smallest absolute Gasteiger partial charge is 0.265 e. The van der Waals surface area contributed by atoms with Gasteiger partial charge in [0.2, 0.25) is 0 Å². The van der Waals surface area contributed by atoms with Gasteiger partial charge < -0.3 is 10.2 Å². The molecule has 1 heterocycles. The van der Waals surface area contributed by atoms with Crippen molar-refractivity contribution in [2.45, 2.75) is 6.92 Å². The molecule has 0 saturated carbocycles. The third-order valence-corrected chi connectivity index (χ3v) is 4.85. The molecule has 1 N–H and O–H groups in total. The zero-order chi connectivity index (χ0) is 14.0. The molecule has 0 aliphatic rings. The summed E-state index contributed by atoms with van der Waals surface area (Å²) in [6.45, 7) is 1.98. The number of benzene rings is 1. The van der Waals surface area contributed by atoms with Crippen LogP contribution in [0.2, 0.25) is 0 Å². The molecular weight excluding hydrogens is 324 g/mol. The third-order valence-electron chi connectivity index (χ3n) is 2.72. The molecule has 0 atom stereocenters. The summed E-state index contributed by atoms with van der Waals surface area (Å²) >= 11 is 4.88. The van der Waals surface area contributed by atoms with E-state index >= 15 is 0 Å². The summed E-state index contributed by atoms with van der Waals surface area (Å²) in [5.41, 5.74) is 2.89. The largest absolute Gasteiger partial charge is 0.376 e. The highest BCUT2D eigenvalue weighted by Gasteiger charge is 2.13. The number of rotatable bonds is 3. The third kappa shape index (κ3) is 3.16. The van der Waals surface area contributed by atoms with Gasteiger partial charge in [0.15, 0.2) is 0 Å². The lowest BCUT2D eigenvalue weighted by atomic mass is 10.2. The van der Waals surface area contributed by atoms with Crippen LogP contribution < -0.4 is 10.2 Å². The molecule has 2 rings (SSSR count). The number of hydrogen-bond donors (Lipinski definition) is 1. The number of aryl methyl sites for hydroxylation is 1. The molecule has 5 heteroatoms. The van der Waals surface area contributed by atoms with Crippen molar-refractivity contribution in [2.75, 3.05) is 24.3 Å². The van der Waals surface area contributed by atoms with E-state index < -0.39 is 0 Å². The first kappa shape index (κ1) is 14.1. The van der Waals surface area contributed by atoms with Crippen molar-refractivity contribution in [3.05, 3.63) is 44.6 Å². The normalized spacial score (nSPS) is 10.3. The van der Waals surface area contributed by atoms with Gasteiger partial charge in [-0.15, -0.1) is 11.3 Å². The van der Waals surface area contributed by atoms with Crippen molar-refractivity contribution in [2.24, 2.45) is 0 Å². The minimum atomic E-state index is -0.0758. The second kappa shape index (κ2) is 5.75. The molecule has 3 nitrogen and oxygen atoms in total. The van der Waals surface area contributed by atoms with E-state index in [0.717, 1.165) is 20.7 Å². The molecule has 0 spiro atoms. The van der Waals surface area contributed by atoms with Gasteiger partial charge in [0.1, 0.15) is 0 Å². The first-order valence-corrected chi connectivity index (χ1v) is 7.43. The average Bonchev–Trinajstić information content (AvgIpc) is 2.70. The zero-order valence-electron chi connectivity index (χ0n) is 11.0. The number of amides is 1. The van der Waals surface area contributed by atoms with Gasteiger partial charge >= 0.3 is 0 Å². The van der Waals surface area contributed by atoms with Gasteiger partial charge in [-0.1, -0.05) is 12.1 Å². The maximum atomic E-state index is 12.2. The van der Waals surface area contributed by atoms with Crippen molar-refractivity contribution in [1.29, 1.82) is 0 Å². The molecule has 0 radical (unpaired) electrons. The van der Waals surface area contributed by atoms with E-state index in [1.165, 1.54) is 11.3 Å². The van der Waals surface area contributed by atoms with Gasteiger partial charge in [-0.2, -0.15) is 0 Å². The van der Waals surface area contributed by atoms with Crippen LogP contribution in [-0.4, -0.2) is 20.0 Å². The Balaban J connectivity index is 2.24. The van der Waals surface area contributed by atoms with Gasteiger partial charge in [0, 0.05) is 14.1 Å². The SMILES string of the molecule is Cc1cc(C(=O)Nc2ccccc2N(C)C)sc1Br. The van der Waals surface area contributed by atoms with E-state index in [0.29, 0.717) is 4.88 Å². The summed E-state index contributed by atoms with van der Waals surface area (Å²) in [6.07, 6.45) is 0. The van der Waals surface area contributed by atoms with Gasteiger partial charge in [0.25, 0.3) is 5.91 Å². The van der Waals surface area contributed by atoms with Gasteiger partial charge in [0.05, 0.1) is 20.0 Å². The summed E-state index contributed by atoms with van der Waals surface area (Å²) in [6, 6.07) is 9.64. The molecule has 2 aromatic rings. The number of anilines is 2. The van der Waals surface area contributed by atoms with Crippen molar-refractivity contribution >= 4 is 44.5 Å². The van der Waals surface area contributed by atoms with Crippen LogP contribution in [0.5, 0.6) is 0 Å². The second-order valence-corrected chi connectivity index (χ2v) is 6.80. The van der Waals surface area contributed by atoms with Gasteiger partial charge in [-0.05, 0) is 46.6 Å². The predicted molar refractivity (Wildman–Crippen MR) is 85.5 cm³/mol. The van der Waals surface area contributed by atoms with Crippen LogP contribution >= 0.6 is 27.3 Å². The predicted octanol–water partition coefficient (Wildman–Crippen LogP) is 4.14. The minimum Gasteiger partial charge on any atom is -0.376 e. The fraction of sp³-hybridized carbons (Fsp3) is 0.214. The second-order valence-electron chi connectivity index (χ2n) is 4.43. The molecule has 1 amide bonds. The molecule has 0 bridgehead atoms. The summed E-state index contributed by atoms with van der Waals surface area (Å²) in [5.74, 6) is -0.0758. The first-order valence-electron chi connectivity index (χ1n) is 5.82. The Labute approximate surface area is 125 Å². The lowest BCUT2D eigenvalue weighted by Crippen LogP contribution is -2.15. The lowest BCUT2D eigenvalue weighted by molar-refractivity contribution is 0.103. The summed E-state index contributed by atoms with van der Waals surface area (Å²) < 4.78 is 0.999. The van der Waals surface area contributed by atoms with Crippen molar-refractivity contribution < 1.29 is 4.79 Å². The Bertz CT molecular complexity index is 588. The Kier molecular flexibility index (Phi) is 4.27. The molecule has 0 saturated heterocycles. The first-order chi connectivity index (χ1) is 8.99. The fourth-order valence-corrected chi connectivity index (χ4v) is 3.16. The van der Waals surface area contributed by atoms with Gasteiger partial charge in [-0.3, -0.25) is 4.79 Å². The summed E-state index contributed by atoms with van der Waals surface area (Å²) in [7, 11) is 3.91. The molecule has 100 valence electrons. The molecule has 1 aromatic carbocycles. The van der Waals surface area contributed by atoms with Crippen LogP contribution in [0, 0.1) is 6.92 Å². The summed E-state index contributed by atoms with van der Waals surface area (Å²) in [4.78, 5) is 14.9. The number of nitrogens with one attached hydrogen (secondary N) is 1. The van der Waals surface area contributed by atoms with Crippen LogP contribution in [0.1, 0.15) is 15.2 Å². The van der Waals surface area contributed by atoms with Crippen LogP contribution in [-0.2, 0) is 0 Å². The van der Waals surface area contributed by atoms with E-state index in [1.807, 2.05) is 56.3 Å². The number of halogens is 1. The fourth-order valence-electron chi connectivity index (χ4n) is 1.73. The molecule has 0 aliphatic heterocycles. The molecule has 1 aromatic heterocycles. The lowest BCUT2D eigenvalue weighted by Gasteiger charge is -2.17. The Hall–Kier alpha value is -1.33. The van der Waals surface area contributed by atoms with Crippen LogP contribution in [0.15, 0.2) is 34.1 Å². The highest BCUT2D eigenvalue weighted by Crippen LogP contribution is 2.29. The number of carbonyl (C=O) groups is 1. The van der Waals surface area contributed by atoms with E-state index in [1.54, 1.807) is 0 Å². The van der Waals surface area contributed by atoms with Crippen LogP contribution in [0.25, 0.3) is 0 Å². The monoisotopic (exact) mass is 338 g/mol. The highest BCUT2D eigenvalue weighted by molar-refractivity contribution is 9.11. The van der Waals surface area contributed by atoms with E-state index in [4.69, 9.17) is 0 Å². The van der Waals surface area contributed by atoms with E-state index in [2.05, 4.69) is 21.2 Å². The molecule has 19 heavy (non-hydrogen) atoms. The molecule has 0 unspecified atom stereocenters. The van der Waals surface area contributed by atoms with E-state index in [-0.39, 0.29) is 5.91 Å². The molecule has 0 aliphatic carbocycles. The zero-order valence-corrected chi connectivity index (χ0v) is 13.4. The highest BCUT2D eigenvalue weighted by atomic mass is 79.9. The maximum Gasteiger partial charge on any atom is 0.265 e.